The zero-order valence-electron chi connectivity index (χ0n) is 24.9. The van der Waals surface area contributed by atoms with Crippen molar-refractivity contribution in [2.75, 3.05) is 37.6 Å². The average Bonchev–Trinajstić information content (AvgIpc) is 3.36. The zero-order valence-corrected chi connectivity index (χ0v) is 24.9. The first-order chi connectivity index (χ1) is 17.6. The number of amides is 1. The van der Waals surface area contributed by atoms with Crippen molar-refractivity contribution >= 4 is 17.7 Å². The molecule has 4 rings (SSSR count). The van der Waals surface area contributed by atoms with Crippen LogP contribution in [0.15, 0.2) is 18.2 Å². The SMILES string of the molecule is Cc1ccc(CCC2(C)CCN(C(=O)OC(C)(C)C)CC2)c(N2CC3CC2CN3CC(=O)OC(C)(C)C)c1. The number of ether oxygens (including phenoxy) is 2. The van der Waals surface area contributed by atoms with Gasteiger partial charge in [-0.2, -0.15) is 0 Å². The summed E-state index contributed by atoms with van der Waals surface area (Å²) in [6, 6.07) is 7.73. The number of nitrogens with zero attached hydrogens (tertiary/aromatic N) is 3. The molecule has 1 amide bonds. The summed E-state index contributed by atoms with van der Waals surface area (Å²) in [5, 5.41) is 0. The summed E-state index contributed by atoms with van der Waals surface area (Å²) >= 11 is 0. The predicted octanol–water partition coefficient (Wildman–Crippen LogP) is 5.57. The third-order valence-corrected chi connectivity index (χ3v) is 8.28. The van der Waals surface area contributed by atoms with E-state index in [1.165, 1.54) is 16.8 Å². The maximum atomic E-state index is 12.5. The number of anilines is 1. The van der Waals surface area contributed by atoms with Gasteiger partial charge in [-0.1, -0.05) is 19.1 Å². The molecule has 0 saturated carbocycles. The Morgan fingerprint density at radius 3 is 2.21 bits per heavy atom. The second-order valence-corrected chi connectivity index (χ2v) is 14.1. The normalized spacial score (nSPS) is 23.6. The van der Waals surface area contributed by atoms with E-state index in [4.69, 9.17) is 9.47 Å². The number of likely N-dealkylation sites (tertiary alicyclic amines) is 2. The number of carbonyl (C=O) groups excluding carboxylic acids is 2. The predicted molar refractivity (Wildman–Crippen MR) is 152 cm³/mol. The monoisotopic (exact) mass is 527 g/mol. The minimum absolute atomic E-state index is 0.126. The first kappa shape index (κ1) is 28.7. The van der Waals surface area contributed by atoms with Crippen molar-refractivity contribution in [1.82, 2.24) is 9.80 Å². The van der Waals surface area contributed by atoms with Crippen molar-refractivity contribution in [2.45, 2.75) is 111 Å². The van der Waals surface area contributed by atoms with Gasteiger partial charge >= 0.3 is 12.1 Å². The molecule has 1 aromatic carbocycles. The quantitative estimate of drug-likeness (QED) is 0.451. The van der Waals surface area contributed by atoms with Gasteiger partial charge in [0, 0.05) is 44.0 Å². The Balaban J connectivity index is 1.34. The zero-order chi connectivity index (χ0) is 27.9. The van der Waals surface area contributed by atoms with E-state index in [2.05, 4.69) is 41.8 Å². The first-order valence-corrected chi connectivity index (χ1v) is 14.4. The smallest absolute Gasteiger partial charge is 0.410 e. The lowest BCUT2D eigenvalue weighted by Gasteiger charge is -2.40. The maximum absolute atomic E-state index is 12.5. The average molecular weight is 528 g/mol. The number of rotatable bonds is 6. The van der Waals surface area contributed by atoms with Crippen LogP contribution in [0.3, 0.4) is 0 Å². The number of piperazine rings is 1. The van der Waals surface area contributed by atoms with E-state index in [-0.39, 0.29) is 17.5 Å². The Morgan fingerprint density at radius 1 is 0.974 bits per heavy atom. The van der Waals surface area contributed by atoms with E-state index >= 15 is 0 Å². The summed E-state index contributed by atoms with van der Waals surface area (Å²) < 4.78 is 11.2. The lowest BCUT2D eigenvalue weighted by atomic mass is 9.76. The molecule has 0 aromatic heterocycles. The van der Waals surface area contributed by atoms with Gasteiger partial charge in [0.1, 0.15) is 11.2 Å². The molecule has 2 bridgehead atoms. The van der Waals surface area contributed by atoms with E-state index in [9.17, 15) is 9.59 Å². The van der Waals surface area contributed by atoms with Crippen LogP contribution in [0, 0.1) is 12.3 Å². The fraction of sp³-hybridized carbons (Fsp3) is 0.742. The molecular formula is C31H49N3O4. The topological polar surface area (TPSA) is 62.3 Å². The highest BCUT2D eigenvalue weighted by Gasteiger charge is 2.44. The highest BCUT2D eigenvalue weighted by molar-refractivity contribution is 5.72. The van der Waals surface area contributed by atoms with Gasteiger partial charge in [-0.25, -0.2) is 4.79 Å². The molecule has 0 aliphatic carbocycles. The van der Waals surface area contributed by atoms with Crippen LogP contribution in [0.4, 0.5) is 10.5 Å². The van der Waals surface area contributed by atoms with E-state index in [0.717, 1.165) is 58.3 Å². The third-order valence-electron chi connectivity index (χ3n) is 8.28. The standard InChI is InChI=1S/C31H49N3O4/c1-22-9-10-23(11-12-31(8)13-15-32(16-14-31)28(36)38-30(5,6)7)26(17-22)34-20-24-18-25(34)19-33(24)21-27(35)37-29(2,3)4/h9-10,17,24-25H,11-16,18-21H2,1-8H3. The molecule has 212 valence electrons. The van der Waals surface area contributed by atoms with Gasteiger partial charge in [-0.3, -0.25) is 9.69 Å². The first-order valence-electron chi connectivity index (χ1n) is 14.4. The fourth-order valence-corrected chi connectivity index (χ4v) is 6.17. The van der Waals surface area contributed by atoms with Crippen LogP contribution in [0.1, 0.15) is 85.3 Å². The molecule has 0 radical (unpaired) electrons. The number of benzene rings is 1. The van der Waals surface area contributed by atoms with Crippen molar-refractivity contribution in [3.8, 4) is 0 Å². The molecule has 0 spiro atoms. The van der Waals surface area contributed by atoms with Gasteiger partial charge in [0.2, 0.25) is 0 Å². The molecule has 7 nitrogen and oxygen atoms in total. The molecule has 2 atom stereocenters. The number of hydrogen-bond acceptors (Lipinski definition) is 6. The summed E-state index contributed by atoms with van der Waals surface area (Å²) in [4.78, 5) is 31.7. The van der Waals surface area contributed by atoms with Crippen molar-refractivity contribution in [2.24, 2.45) is 5.41 Å². The van der Waals surface area contributed by atoms with Crippen molar-refractivity contribution in [3.63, 3.8) is 0 Å². The second kappa shape index (κ2) is 10.7. The number of carbonyl (C=O) groups is 2. The van der Waals surface area contributed by atoms with Gasteiger partial charge in [-0.15, -0.1) is 0 Å². The van der Waals surface area contributed by atoms with Crippen LogP contribution in [0.2, 0.25) is 0 Å². The maximum Gasteiger partial charge on any atom is 0.410 e. The molecule has 2 unspecified atom stereocenters. The number of aryl methyl sites for hydroxylation is 2. The molecule has 38 heavy (non-hydrogen) atoms. The highest BCUT2D eigenvalue weighted by atomic mass is 16.6. The van der Waals surface area contributed by atoms with Crippen molar-refractivity contribution in [3.05, 3.63) is 29.3 Å². The summed E-state index contributed by atoms with van der Waals surface area (Å²) in [6.45, 7) is 19.9. The van der Waals surface area contributed by atoms with Crippen LogP contribution in [0.5, 0.6) is 0 Å². The molecule has 3 fully saturated rings. The van der Waals surface area contributed by atoms with Gasteiger partial charge in [0.05, 0.1) is 6.54 Å². The molecule has 3 heterocycles. The Hall–Kier alpha value is -2.28. The van der Waals surface area contributed by atoms with Crippen LogP contribution in [-0.2, 0) is 20.7 Å². The van der Waals surface area contributed by atoms with E-state index in [1.807, 2.05) is 46.4 Å². The van der Waals surface area contributed by atoms with Crippen LogP contribution < -0.4 is 4.90 Å². The summed E-state index contributed by atoms with van der Waals surface area (Å²) in [5.74, 6) is -0.126. The summed E-state index contributed by atoms with van der Waals surface area (Å²) in [7, 11) is 0. The van der Waals surface area contributed by atoms with Gasteiger partial charge in [-0.05, 0) is 103 Å². The van der Waals surface area contributed by atoms with Crippen LogP contribution in [0.25, 0.3) is 0 Å². The molecule has 3 aliphatic rings. The van der Waals surface area contributed by atoms with Gasteiger partial charge < -0.3 is 19.3 Å². The highest BCUT2D eigenvalue weighted by Crippen LogP contribution is 2.40. The third kappa shape index (κ3) is 7.22. The van der Waals surface area contributed by atoms with E-state index < -0.39 is 11.2 Å². The fourth-order valence-electron chi connectivity index (χ4n) is 6.17. The Labute approximate surface area is 229 Å². The Morgan fingerprint density at radius 2 is 1.63 bits per heavy atom. The molecular weight excluding hydrogens is 478 g/mol. The lowest BCUT2D eigenvalue weighted by molar-refractivity contribution is -0.156. The van der Waals surface area contributed by atoms with Crippen LogP contribution >= 0.6 is 0 Å². The number of esters is 1. The Bertz CT molecular complexity index is 1020. The second-order valence-electron chi connectivity index (χ2n) is 14.1. The summed E-state index contributed by atoms with van der Waals surface area (Å²) in [5.41, 5.74) is 3.38. The largest absolute Gasteiger partial charge is 0.459 e. The van der Waals surface area contributed by atoms with Crippen LogP contribution in [-0.4, -0.2) is 77.9 Å². The van der Waals surface area contributed by atoms with E-state index in [0.29, 0.717) is 18.6 Å². The molecule has 7 heteroatoms. The molecule has 1 aromatic rings. The van der Waals surface area contributed by atoms with E-state index in [1.54, 1.807) is 0 Å². The number of hydrogen-bond donors (Lipinski definition) is 0. The number of piperidine rings is 1. The number of fused-ring (bicyclic) bond motifs is 2. The summed E-state index contributed by atoms with van der Waals surface area (Å²) in [6.07, 6.45) is 5.06. The van der Waals surface area contributed by atoms with Gasteiger partial charge in [0.25, 0.3) is 0 Å². The van der Waals surface area contributed by atoms with Gasteiger partial charge in [0.15, 0.2) is 0 Å². The van der Waals surface area contributed by atoms with Crippen molar-refractivity contribution < 1.29 is 19.1 Å². The lowest BCUT2D eigenvalue weighted by Crippen LogP contribution is -2.49. The van der Waals surface area contributed by atoms with Crippen molar-refractivity contribution in [1.29, 1.82) is 0 Å². The minimum Gasteiger partial charge on any atom is -0.459 e. The molecule has 0 N–H and O–H groups in total. The minimum atomic E-state index is -0.457. The molecule has 3 saturated heterocycles. The Kier molecular flexibility index (Phi) is 8.09. The molecule has 3 aliphatic heterocycles.